The topological polar surface area (TPSA) is 49.3 Å². The van der Waals surface area contributed by atoms with E-state index < -0.39 is 0 Å². The molecule has 0 aliphatic carbocycles. The van der Waals surface area contributed by atoms with Crippen LogP contribution in [0.1, 0.15) is 59.3 Å². The molecule has 0 saturated carbocycles. The van der Waals surface area contributed by atoms with E-state index in [0.29, 0.717) is 12.2 Å². The predicted molar refractivity (Wildman–Crippen MR) is 120 cm³/mol. The second-order valence-electron chi connectivity index (χ2n) is 9.45. The molecular formula is C23H44N4O2. The monoisotopic (exact) mass is 408 g/mol. The van der Waals surface area contributed by atoms with E-state index in [9.17, 15) is 0 Å². The van der Waals surface area contributed by atoms with Gasteiger partial charge in [-0.05, 0) is 57.3 Å². The van der Waals surface area contributed by atoms with Gasteiger partial charge in [0.1, 0.15) is 0 Å². The molecule has 0 bridgehead atoms. The minimum atomic E-state index is 0.320. The predicted octanol–water partition coefficient (Wildman–Crippen LogP) is 2.98. The second-order valence-corrected chi connectivity index (χ2v) is 9.45. The minimum Gasteiger partial charge on any atom is -0.376 e. The first-order valence-electron chi connectivity index (χ1n) is 12.1. The first-order valence-corrected chi connectivity index (χ1v) is 12.1. The Bertz CT molecular complexity index is 477. The Labute approximate surface area is 178 Å². The van der Waals surface area contributed by atoms with E-state index in [0.717, 1.165) is 83.0 Å². The summed E-state index contributed by atoms with van der Waals surface area (Å²) in [5.74, 6) is 2.71. The zero-order chi connectivity index (χ0) is 20.5. The van der Waals surface area contributed by atoms with Crippen molar-refractivity contribution in [2.75, 3.05) is 59.0 Å². The zero-order valence-corrected chi connectivity index (χ0v) is 19.1. The van der Waals surface area contributed by atoms with E-state index in [1.165, 1.54) is 32.4 Å². The fraction of sp³-hybridized carbons (Fsp3) is 0.957. The molecule has 3 heterocycles. The molecule has 6 nitrogen and oxygen atoms in total. The molecule has 0 spiro atoms. The molecule has 0 amide bonds. The summed E-state index contributed by atoms with van der Waals surface area (Å²) in [5, 5.41) is 3.50. The fourth-order valence-electron chi connectivity index (χ4n) is 5.11. The third-order valence-electron chi connectivity index (χ3n) is 6.49. The van der Waals surface area contributed by atoms with Crippen molar-refractivity contribution in [3.63, 3.8) is 0 Å². The Morgan fingerprint density at radius 1 is 1.10 bits per heavy atom. The van der Waals surface area contributed by atoms with Crippen LogP contribution in [0.2, 0.25) is 0 Å². The molecule has 3 saturated heterocycles. The summed E-state index contributed by atoms with van der Waals surface area (Å²) in [4.78, 5) is 9.97. The van der Waals surface area contributed by atoms with Gasteiger partial charge in [0.05, 0.1) is 25.4 Å². The number of piperidine rings is 2. The van der Waals surface area contributed by atoms with Gasteiger partial charge in [-0.2, -0.15) is 0 Å². The maximum Gasteiger partial charge on any atom is 0.193 e. The minimum absolute atomic E-state index is 0.320. The number of aliphatic imine (C=N–C) groups is 1. The van der Waals surface area contributed by atoms with Crippen LogP contribution in [0.15, 0.2) is 4.99 Å². The van der Waals surface area contributed by atoms with E-state index in [2.05, 4.69) is 35.9 Å². The van der Waals surface area contributed by atoms with Crippen molar-refractivity contribution in [3.05, 3.63) is 0 Å². The molecule has 3 aliphatic heterocycles. The molecular weight excluding hydrogens is 364 g/mol. The number of nitrogens with one attached hydrogen (secondary N) is 1. The number of guanidine groups is 1. The Balaban J connectivity index is 1.39. The summed E-state index contributed by atoms with van der Waals surface area (Å²) in [6.45, 7) is 16.0. The van der Waals surface area contributed by atoms with Crippen LogP contribution in [-0.2, 0) is 9.47 Å². The lowest BCUT2D eigenvalue weighted by molar-refractivity contribution is -0.0721. The quantitative estimate of drug-likeness (QED) is 0.518. The van der Waals surface area contributed by atoms with Gasteiger partial charge in [-0.1, -0.05) is 13.8 Å². The Kier molecular flexibility index (Phi) is 9.53. The van der Waals surface area contributed by atoms with Gasteiger partial charge >= 0.3 is 0 Å². The fourth-order valence-corrected chi connectivity index (χ4v) is 5.11. The summed E-state index contributed by atoms with van der Waals surface area (Å²) in [6, 6.07) is 0. The molecule has 168 valence electrons. The van der Waals surface area contributed by atoms with Crippen LogP contribution in [0.5, 0.6) is 0 Å². The highest BCUT2D eigenvalue weighted by atomic mass is 16.5. The highest BCUT2D eigenvalue weighted by molar-refractivity contribution is 5.80. The van der Waals surface area contributed by atoms with Crippen molar-refractivity contribution in [3.8, 4) is 0 Å². The largest absolute Gasteiger partial charge is 0.376 e. The summed E-state index contributed by atoms with van der Waals surface area (Å²) < 4.78 is 12.0. The van der Waals surface area contributed by atoms with Gasteiger partial charge in [-0.25, -0.2) is 0 Å². The van der Waals surface area contributed by atoms with Crippen LogP contribution in [0.25, 0.3) is 0 Å². The van der Waals surface area contributed by atoms with Gasteiger partial charge in [0, 0.05) is 45.9 Å². The number of rotatable bonds is 7. The lowest BCUT2D eigenvalue weighted by atomic mass is 9.92. The Morgan fingerprint density at radius 2 is 1.86 bits per heavy atom. The van der Waals surface area contributed by atoms with E-state index in [1.54, 1.807) is 0 Å². The average Bonchev–Trinajstić information content (AvgIpc) is 2.72. The lowest BCUT2D eigenvalue weighted by Crippen LogP contribution is -2.47. The van der Waals surface area contributed by atoms with Crippen LogP contribution in [0.3, 0.4) is 0 Å². The van der Waals surface area contributed by atoms with E-state index in [4.69, 9.17) is 14.5 Å². The molecule has 29 heavy (non-hydrogen) atoms. The maximum atomic E-state index is 6.17. The van der Waals surface area contributed by atoms with Gasteiger partial charge in [-0.15, -0.1) is 0 Å². The highest BCUT2D eigenvalue weighted by Crippen LogP contribution is 2.21. The van der Waals surface area contributed by atoms with Gasteiger partial charge in [-0.3, -0.25) is 4.99 Å². The van der Waals surface area contributed by atoms with Gasteiger partial charge in [0.15, 0.2) is 5.96 Å². The first-order chi connectivity index (χ1) is 14.1. The number of likely N-dealkylation sites (tertiary alicyclic amines) is 2. The van der Waals surface area contributed by atoms with Crippen LogP contribution in [-0.4, -0.2) is 87.0 Å². The van der Waals surface area contributed by atoms with E-state index in [-0.39, 0.29) is 0 Å². The molecule has 3 unspecified atom stereocenters. The SMILES string of the molecule is CCNC(=NCCN1CC(C)CC(C)C1)N1CCC(OCC2CCCCO2)CC1. The number of hydrogen-bond donors (Lipinski definition) is 1. The van der Waals surface area contributed by atoms with E-state index in [1.807, 2.05) is 0 Å². The number of hydrogen-bond acceptors (Lipinski definition) is 4. The second kappa shape index (κ2) is 12.1. The molecule has 0 aromatic carbocycles. The van der Waals surface area contributed by atoms with Crippen LogP contribution >= 0.6 is 0 Å². The van der Waals surface area contributed by atoms with Crippen molar-refractivity contribution < 1.29 is 9.47 Å². The molecule has 0 radical (unpaired) electrons. The molecule has 6 heteroatoms. The number of ether oxygens (including phenoxy) is 2. The van der Waals surface area contributed by atoms with Crippen molar-refractivity contribution in [1.29, 1.82) is 0 Å². The van der Waals surface area contributed by atoms with Crippen LogP contribution in [0, 0.1) is 11.8 Å². The smallest absolute Gasteiger partial charge is 0.193 e. The van der Waals surface area contributed by atoms with Crippen molar-refractivity contribution in [2.45, 2.75) is 71.5 Å². The third kappa shape index (κ3) is 7.72. The normalized spacial score (nSPS) is 30.5. The van der Waals surface area contributed by atoms with Crippen molar-refractivity contribution >= 4 is 5.96 Å². The molecule has 3 aliphatic rings. The van der Waals surface area contributed by atoms with Crippen LogP contribution in [0.4, 0.5) is 0 Å². The molecule has 1 N–H and O–H groups in total. The van der Waals surface area contributed by atoms with Gasteiger partial charge < -0.3 is 24.6 Å². The molecule has 3 atom stereocenters. The Hall–Kier alpha value is -0.850. The first kappa shape index (κ1) is 22.8. The van der Waals surface area contributed by atoms with Crippen LogP contribution < -0.4 is 5.32 Å². The van der Waals surface area contributed by atoms with Gasteiger partial charge in [0.2, 0.25) is 0 Å². The summed E-state index contributed by atoms with van der Waals surface area (Å²) in [7, 11) is 0. The molecule has 0 aromatic heterocycles. The summed E-state index contributed by atoms with van der Waals surface area (Å²) in [6.07, 6.45) is 7.87. The summed E-state index contributed by atoms with van der Waals surface area (Å²) >= 11 is 0. The van der Waals surface area contributed by atoms with Gasteiger partial charge in [0.25, 0.3) is 0 Å². The van der Waals surface area contributed by atoms with Crippen molar-refractivity contribution in [2.24, 2.45) is 16.8 Å². The lowest BCUT2D eigenvalue weighted by Gasteiger charge is -2.36. The standard InChI is InChI=1S/C23H44N4O2/c1-4-24-23(25-10-13-26-16-19(2)15-20(3)17-26)27-11-8-21(9-12-27)29-18-22-7-5-6-14-28-22/h19-22H,4-18H2,1-3H3,(H,24,25). The average molecular weight is 409 g/mol. The van der Waals surface area contributed by atoms with E-state index >= 15 is 0 Å². The zero-order valence-electron chi connectivity index (χ0n) is 19.1. The molecule has 3 rings (SSSR count). The number of nitrogens with zero attached hydrogens (tertiary/aromatic N) is 3. The third-order valence-corrected chi connectivity index (χ3v) is 6.49. The van der Waals surface area contributed by atoms with Crippen molar-refractivity contribution in [1.82, 2.24) is 15.1 Å². The Morgan fingerprint density at radius 3 is 2.52 bits per heavy atom. The molecule has 3 fully saturated rings. The highest BCUT2D eigenvalue weighted by Gasteiger charge is 2.24. The maximum absolute atomic E-state index is 6.17. The molecule has 0 aromatic rings. The summed E-state index contributed by atoms with van der Waals surface area (Å²) in [5.41, 5.74) is 0.